The standard InChI is InChI=1S/C15H14ClNO/c1-18-15-5-3-2-4-12(15)14-8-10-6-7-11(16)9-13(10)17-14/h2-7,9,14,17H,8H2,1H3. The summed E-state index contributed by atoms with van der Waals surface area (Å²) in [5, 5.41) is 4.27. The fourth-order valence-electron chi connectivity index (χ4n) is 2.46. The second-order valence-electron chi connectivity index (χ2n) is 4.44. The number of hydrogen-bond donors (Lipinski definition) is 1. The quantitative estimate of drug-likeness (QED) is 0.878. The number of para-hydroxylation sites is 1. The normalized spacial score (nSPS) is 17.1. The van der Waals surface area contributed by atoms with Crippen molar-refractivity contribution in [2.75, 3.05) is 12.4 Å². The predicted molar refractivity (Wildman–Crippen MR) is 74.5 cm³/mol. The number of methoxy groups -OCH3 is 1. The Morgan fingerprint density at radius 3 is 2.89 bits per heavy atom. The van der Waals surface area contributed by atoms with Gasteiger partial charge in [0, 0.05) is 16.3 Å². The molecule has 1 aliphatic rings. The summed E-state index contributed by atoms with van der Waals surface area (Å²) >= 11 is 6.01. The minimum atomic E-state index is 0.259. The highest BCUT2D eigenvalue weighted by Crippen LogP contribution is 2.38. The van der Waals surface area contributed by atoms with Crippen LogP contribution in [0.4, 0.5) is 5.69 Å². The van der Waals surface area contributed by atoms with Crippen molar-refractivity contribution in [3.63, 3.8) is 0 Å². The number of ether oxygens (including phenoxy) is 1. The Balaban J connectivity index is 1.93. The van der Waals surface area contributed by atoms with Gasteiger partial charge in [-0.2, -0.15) is 0 Å². The van der Waals surface area contributed by atoms with Gasteiger partial charge < -0.3 is 10.1 Å². The lowest BCUT2D eigenvalue weighted by molar-refractivity contribution is 0.407. The highest BCUT2D eigenvalue weighted by atomic mass is 35.5. The summed E-state index contributed by atoms with van der Waals surface area (Å²) in [6, 6.07) is 14.4. The lowest BCUT2D eigenvalue weighted by atomic mass is 10.0. The van der Waals surface area contributed by atoms with E-state index in [0.717, 1.165) is 22.9 Å². The molecule has 0 radical (unpaired) electrons. The van der Waals surface area contributed by atoms with Gasteiger partial charge in [-0.3, -0.25) is 0 Å². The number of hydrogen-bond acceptors (Lipinski definition) is 2. The van der Waals surface area contributed by atoms with Crippen LogP contribution in [0.2, 0.25) is 5.02 Å². The summed E-state index contributed by atoms with van der Waals surface area (Å²) in [5.41, 5.74) is 3.61. The molecule has 0 fully saturated rings. The highest BCUT2D eigenvalue weighted by Gasteiger charge is 2.24. The fraction of sp³-hybridized carbons (Fsp3) is 0.200. The molecule has 0 spiro atoms. The number of rotatable bonds is 2. The summed E-state index contributed by atoms with van der Waals surface area (Å²) in [7, 11) is 1.71. The zero-order valence-electron chi connectivity index (χ0n) is 10.1. The van der Waals surface area contributed by atoms with Crippen LogP contribution in [-0.4, -0.2) is 7.11 Å². The second kappa shape index (κ2) is 4.54. The molecular weight excluding hydrogens is 246 g/mol. The zero-order chi connectivity index (χ0) is 12.5. The lowest BCUT2D eigenvalue weighted by Crippen LogP contribution is -2.07. The average molecular weight is 260 g/mol. The van der Waals surface area contributed by atoms with Crippen LogP contribution in [0.25, 0.3) is 0 Å². The predicted octanol–water partition coefficient (Wildman–Crippen LogP) is 4.06. The fourth-order valence-corrected chi connectivity index (χ4v) is 2.63. The maximum atomic E-state index is 6.01. The molecule has 0 saturated heterocycles. The first-order valence-electron chi connectivity index (χ1n) is 5.96. The van der Waals surface area contributed by atoms with E-state index in [2.05, 4.69) is 17.4 Å². The number of nitrogens with one attached hydrogen (secondary N) is 1. The average Bonchev–Trinajstić information content (AvgIpc) is 2.81. The Bertz CT molecular complexity index is 582. The minimum absolute atomic E-state index is 0.259. The van der Waals surface area contributed by atoms with Crippen molar-refractivity contribution in [2.45, 2.75) is 12.5 Å². The molecule has 1 aliphatic heterocycles. The molecule has 3 heteroatoms. The maximum Gasteiger partial charge on any atom is 0.124 e. The van der Waals surface area contributed by atoms with Gasteiger partial charge in [0.15, 0.2) is 0 Å². The van der Waals surface area contributed by atoms with E-state index in [1.54, 1.807) is 7.11 Å². The largest absolute Gasteiger partial charge is 0.496 e. The SMILES string of the molecule is COc1ccccc1C1Cc2ccc(Cl)cc2N1. The maximum absolute atomic E-state index is 6.01. The molecule has 1 atom stereocenters. The van der Waals surface area contributed by atoms with Gasteiger partial charge in [-0.25, -0.2) is 0 Å². The monoisotopic (exact) mass is 259 g/mol. The van der Waals surface area contributed by atoms with Crippen molar-refractivity contribution in [3.05, 3.63) is 58.6 Å². The van der Waals surface area contributed by atoms with Crippen molar-refractivity contribution in [1.29, 1.82) is 0 Å². The van der Waals surface area contributed by atoms with Crippen LogP contribution in [0.5, 0.6) is 5.75 Å². The van der Waals surface area contributed by atoms with Gasteiger partial charge in [0.05, 0.1) is 13.2 Å². The van der Waals surface area contributed by atoms with E-state index in [-0.39, 0.29) is 6.04 Å². The smallest absolute Gasteiger partial charge is 0.124 e. The zero-order valence-corrected chi connectivity index (χ0v) is 10.9. The van der Waals surface area contributed by atoms with E-state index in [1.165, 1.54) is 11.1 Å². The van der Waals surface area contributed by atoms with E-state index in [0.29, 0.717) is 0 Å². The molecule has 0 saturated carbocycles. The first kappa shape index (κ1) is 11.4. The van der Waals surface area contributed by atoms with Crippen LogP contribution >= 0.6 is 11.6 Å². The van der Waals surface area contributed by atoms with Crippen molar-refractivity contribution in [2.24, 2.45) is 0 Å². The van der Waals surface area contributed by atoms with Gasteiger partial charge in [0.1, 0.15) is 5.75 Å². The van der Waals surface area contributed by atoms with Crippen molar-refractivity contribution >= 4 is 17.3 Å². The van der Waals surface area contributed by atoms with E-state index in [1.807, 2.05) is 30.3 Å². The minimum Gasteiger partial charge on any atom is -0.496 e. The molecule has 2 aromatic carbocycles. The molecule has 0 amide bonds. The second-order valence-corrected chi connectivity index (χ2v) is 4.88. The van der Waals surface area contributed by atoms with E-state index in [4.69, 9.17) is 16.3 Å². The van der Waals surface area contributed by atoms with Crippen molar-refractivity contribution in [3.8, 4) is 5.75 Å². The van der Waals surface area contributed by atoms with Gasteiger partial charge in [0.2, 0.25) is 0 Å². The summed E-state index contributed by atoms with van der Waals surface area (Å²) in [6.45, 7) is 0. The van der Waals surface area contributed by atoms with Crippen LogP contribution in [0.3, 0.4) is 0 Å². The summed E-state index contributed by atoms with van der Waals surface area (Å²) in [5.74, 6) is 0.925. The molecular formula is C15H14ClNO. The van der Waals surface area contributed by atoms with Crippen LogP contribution in [0.15, 0.2) is 42.5 Å². The number of fused-ring (bicyclic) bond motifs is 1. The molecule has 1 N–H and O–H groups in total. The third kappa shape index (κ3) is 1.93. The molecule has 92 valence electrons. The first-order valence-corrected chi connectivity index (χ1v) is 6.33. The number of benzene rings is 2. The van der Waals surface area contributed by atoms with Crippen LogP contribution in [0.1, 0.15) is 17.2 Å². The molecule has 0 aliphatic carbocycles. The molecule has 1 unspecified atom stereocenters. The van der Waals surface area contributed by atoms with Gasteiger partial charge in [-0.05, 0) is 30.2 Å². The molecule has 0 bridgehead atoms. The molecule has 1 heterocycles. The Morgan fingerprint density at radius 2 is 2.06 bits per heavy atom. The summed E-state index contributed by atoms with van der Waals surface area (Å²) in [6.07, 6.45) is 0.965. The van der Waals surface area contributed by atoms with Crippen LogP contribution in [0, 0.1) is 0 Å². The summed E-state index contributed by atoms with van der Waals surface area (Å²) in [4.78, 5) is 0. The van der Waals surface area contributed by atoms with Gasteiger partial charge >= 0.3 is 0 Å². The Morgan fingerprint density at radius 1 is 1.22 bits per heavy atom. The molecule has 0 aromatic heterocycles. The van der Waals surface area contributed by atoms with E-state index < -0.39 is 0 Å². The van der Waals surface area contributed by atoms with Gasteiger partial charge in [0.25, 0.3) is 0 Å². The third-order valence-corrected chi connectivity index (χ3v) is 3.58. The van der Waals surface area contributed by atoms with Crippen LogP contribution < -0.4 is 10.1 Å². The van der Waals surface area contributed by atoms with Crippen molar-refractivity contribution < 1.29 is 4.74 Å². The van der Waals surface area contributed by atoms with E-state index >= 15 is 0 Å². The Hall–Kier alpha value is -1.67. The number of anilines is 1. The van der Waals surface area contributed by atoms with Crippen molar-refractivity contribution in [1.82, 2.24) is 0 Å². The number of halogens is 1. The van der Waals surface area contributed by atoms with Gasteiger partial charge in [-0.15, -0.1) is 0 Å². The van der Waals surface area contributed by atoms with Crippen LogP contribution in [-0.2, 0) is 6.42 Å². The molecule has 3 rings (SSSR count). The topological polar surface area (TPSA) is 21.3 Å². The Labute approximate surface area is 112 Å². The first-order chi connectivity index (χ1) is 8.78. The van der Waals surface area contributed by atoms with E-state index in [9.17, 15) is 0 Å². The molecule has 2 aromatic rings. The molecule has 2 nitrogen and oxygen atoms in total. The molecule has 18 heavy (non-hydrogen) atoms. The Kier molecular flexibility index (Phi) is 2.88. The third-order valence-electron chi connectivity index (χ3n) is 3.34. The summed E-state index contributed by atoms with van der Waals surface area (Å²) < 4.78 is 5.41. The highest BCUT2D eigenvalue weighted by molar-refractivity contribution is 6.30. The lowest BCUT2D eigenvalue weighted by Gasteiger charge is -2.15. The van der Waals surface area contributed by atoms with Gasteiger partial charge in [-0.1, -0.05) is 35.9 Å².